The van der Waals surface area contributed by atoms with Crippen LogP contribution >= 0.6 is 12.2 Å². The van der Waals surface area contributed by atoms with Crippen molar-refractivity contribution in [3.8, 4) is 5.69 Å². The predicted molar refractivity (Wildman–Crippen MR) is 109 cm³/mol. The molecule has 1 fully saturated rings. The third-order valence-corrected chi connectivity index (χ3v) is 5.21. The van der Waals surface area contributed by atoms with Crippen LogP contribution in [0, 0.1) is 4.77 Å². The van der Waals surface area contributed by atoms with Gasteiger partial charge in [-0.05, 0) is 36.5 Å². The third-order valence-electron chi connectivity index (χ3n) is 4.94. The fourth-order valence-corrected chi connectivity index (χ4v) is 3.76. The second-order valence-corrected chi connectivity index (χ2v) is 7.08. The van der Waals surface area contributed by atoms with Gasteiger partial charge in [-0.3, -0.25) is 14.6 Å². The van der Waals surface area contributed by atoms with E-state index in [1.807, 2.05) is 36.4 Å². The Morgan fingerprint density at radius 1 is 0.926 bits per heavy atom. The molecule has 1 aliphatic heterocycles. The highest BCUT2D eigenvalue weighted by molar-refractivity contribution is 7.71. The van der Waals surface area contributed by atoms with Gasteiger partial charge in [0, 0.05) is 44.1 Å². The van der Waals surface area contributed by atoms with Crippen LogP contribution in [0.3, 0.4) is 0 Å². The Kier molecular flexibility index (Phi) is 5.33. The van der Waals surface area contributed by atoms with Gasteiger partial charge in [-0.25, -0.2) is 0 Å². The van der Waals surface area contributed by atoms with E-state index in [4.69, 9.17) is 12.2 Å². The first-order valence-electron chi connectivity index (χ1n) is 9.15. The molecule has 2 aromatic carbocycles. The van der Waals surface area contributed by atoms with Gasteiger partial charge in [-0.15, -0.1) is 0 Å². The first kappa shape index (κ1) is 17.9. The summed E-state index contributed by atoms with van der Waals surface area (Å²) in [5.74, 6) is 0.552. The number of nitrogens with one attached hydrogen (secondary N) is 1. The van der Waals surface area contributed by atoms with E-state index >= 15 is 0 Å². The molecule has 6 nitrogen and oxygen atoms in total. The van der Waals surface area contributed by atoms with Gasteiger partial charge in [0.1, 0.15) is 6.10 Å². The molecule has 7 heteroatoms. The van der Waals surface area contributed by atoms with Crippen LogP contribution in [0.25, 0.3) is 5.69 Å². The molecule has 0 spiro atoms. The maximum atomic E-state index is 10.8. The van der Waals surface area contributed by atoms with E-state index in [1.54, 1.807) is 4.57 Å². The van der Waals surface area contributed by atoms with Crippen molar-refractivity contribution in [2.45, 2.75) is 6.10 Å². The maximum absolute atomic E-state index is 10.8. The van der Waals surface area contributed by atoms with E-state index in [1.165, 1.54) is 5.69 Å². The number of nitrogens with zero attached hydrogens (tertiary/aromatic N) is 4. The molecular weight excluding hydrogens is 358 g/mol. The van der Waals surface area contributed by atoms with Gasteiger partial charge in [0.2, 0.25) is 0 Å². The minimum absolute atomic E-state index is 0.490. The van der Waals surface area contributed by atoms with Crippen molar-refractivity contribution in [2.24, 2.45) is 0 Å². The van der Waals surface area contributed by atoms with Crippen LogP contribution in [0.5, 0.6) is 0 Å². The first-order valence-corrected chi connectivity index (χ1v) is 9.56. The number of hydrogen-bond donors (Lipinski definition) is 2. The zero-order valence-corrected chi connectivity index (χ0v) is 15.8. The number of benzene rings is 2. The SMILES string of the molecule is OC(CN1CCN(c2ccccc2)CC1)c1n[nH]c(=S)n1-c1ccccc1. The molecule has 3 aromatic rings. The zero-order chi connectivity index (χ0) is 18.6. The van der Waals surface area contributed by atoms with E-state index < -0.39 is 6.10 Å². The lowest BCUT2D eigenvalue weighted by atomic mass is 10.2. The Morgan fingerprint density at radius 3 is 2.15 bits per heavy atom. The van der Waals surface area contributed by atoms with E-state index in [2.05, 4.69) is 44.3 Å². The molecular formula is C20H23N5OS. The Morgan fingerprint density at radius 2 is 1.52 bits per heavy atom. The molecule has 1 aliphatic rings. The highest BCUT2D eigenvalue weighted by Gasteiger charge is 2.23. The number of rotatable bonds is 5. The molecule has 1 unspecified atom stereocenters. The van der Waals surface area contributed by atoms with Gasteiger partial charge in [0.25, 0.3) is 0 Å². The fourth-order valence-electron chi connectivity index (χ4n) is 3.51. The van der Waals surface area contributed by atoms with Gasteiger partial charge >= 0.3 is 0 Å². The number of aromatic amines is 1. The van der Waals surface area contributed by atoms with Gasteiger partial charge in [0.05, 0.1) is 0 Å². The first-order chi connectivity index (χ1) is 13.2. The smallest absolute Gasteiger partial charge is 0.199 e. The molecule has 1 atom stereocenters. The molecule has 0 saturated carbocycles. The number of H-pyrrole nitrogens is 1. The predicted octanol–water partition coefficient (Wildman–Crippen LogP) is 2.79. The van der Waals surface area contributed by atoms with Crippen molar-refractivity contribution in [2.75, 3.05) is 37.6 Å². The topological polar surface area (TPSA) is 60.3 Å². The summed E-state index contributed by atoms with van der Waals surface area (Å²) < 4.78 is 2.30. The second-order valence-electron chi connectivity index (χ2n) is 6.70. The van der Waals surface area contributed by atoms with Gasteiger partial charge < -0.3 is 10.0 Å². The van der Waals surface area contributed by atoms with Crippen LogP contribution in [0.1, 0.15) is 11.9 Å². The van der Waals surface area contributed by atoms with Crippen LogP contribution in [0.4, 0.5) is 5.69 Å². The maximum Gasteiger partial charge on any atom is 0.199 e. The molecule has 140 valence electrons. The summed E-state index contributed by atoms with van der Waals surface area (Å²) in [6.07, 6.45) is -0.707. The van der Waals surface area contributed by atoms with Crippen LogP contribution < -0.4 is 4.90 Å². The van der Waals surface area contributed by atoms with E-state index in [0.717, 1.165) is 31.9 Å². The fraction of sp³-hybridized carbons (Fsp3) is 0.300. The molecule has 0 radical (unpaired) electrons. The molecule has 2 heterocycles. The lowest BCUT2D eigenvalue weighted by molar-refractivity contribution is 0.101. The van der Waals surface area contributed by atoms with Crippen LogP contribution in [-0.4, -0.2) is 57.5 Å². The van der Waals surface area contributed by atoms with E-state index in [0.29, 0.717) is 17.1 Å². The van der Waals surface area contributed by atoms with Gasteiger partial charge in [-0.1, -0.05) is 36.4 Å². The van der Waals surface area contributed by atoms with Gasteiger partial charge in [-0.2, -0.15) is 5.10 Å². The summed E-state index contributed by atoms with van der Waals surface area (Å²) in [5.41, 5.74) is 2.15. The van der Waals surface area contributed by atoms with Crippen molar-refractivity contribution < 1.29 is 5.11 Å². The van der Waals surface area contributed by atoms with Crippen LogP contribution in [0.2, 0.25) is 0 Å². The minimum atomic E-state index is -0.707. The largest absolute Gasteiger partial charge is 0.384 e. The summed E-state index contributed by atoms with van der Waals surface area (Å²) >= 11 is 5.36. The standard InChI is InChI=1S/C20H23N5OS/c26-18(19-21-22-20(27)25(19)17-9-5-2-6-10-17)15-23-11-13-24(14-12-23)16-7-3-1-4-8-16/h1-10,18,26H,11-15H2,(H,22,27). The average molecular weight is 382 g/mol. The molecule has 1 saturated heterocycles. The molecule has 0 amide bonds. The zero-order valence-electron chi connectivity index (χ0n) is 15.0. The van der Waals surface area contributed by atoms with Crippen molar-refractivity contribution in [1.82, 2.24) is 19.7 Å². The summed E-state index contributed by atoms with van der Waals surface area (Å²) in [6.45, 7) is 4.24. The molecule has 27 heavy (non-hydrogen) atoms. The monoisotopic (exact) mass is 381 g/mol. The number of aliphatic hydroxyl groups is 1. The van der Waals surface area contributed by atoms with Crippen molar-refractivity contribution in [1.29, 1.82) is 0 Å². The highest BCUT2D eigenvalue weighted by atomic mass is 32.1. The average Bonchev–Trinajstić information content (AvgIpc) is 3.11. The number of aromatic nitrogens is 3. The lowest BCUT2D eigenvalue weighted by Crippen LogP contribution is -2.47. The highest BCUT2D eigenvalue weighted by Crippen LogP contribution is 2.20. The van der Waals surface area contributed by atoms with Crippen LogP contribution in [-0.2, 0) is 0 Å². The molecule has 1 aromatic heterocycles. The van der Waals surface area contributed by atoms with E-state index in [9.17, 15) is 5.11 Å². The number of piperazine rings is 1. The summed E-state index contributed by atoms with van der Waals surface area (Å²) in [5, 5.41) is 17.9. The molecule has 4 rings (SSSR count). The summed E-state index contributed by atoms with van der Waals surface area (Å²) in [6, 6.07) is 20.2. The molecule has 2 N–H and O–H groups in total. The molecule has 0 bridgehead atoms. The Balaban J connectivity index is 1.42. The summed E-state index contributed by atoms with van der Waals surface area (Å²) in [7, 11) is 0. The number of aliphatic hydroxyl groups excluding tert-OH is 1. The quantitative estimate of drug-likeness (QED) is 0.666. The van der Waals surface area contributed by atoms with Crippen LogP contribution in [0.15, 0.2) is 60.7 Å². The normalized spacial score (nSPS) is 16.4. The van der Waals surface area contributed by atoms with E-state index in [-0.39, 0.29) is 0 Å². The van der Waals surface area contributed by atoms with Gasteiger partial charge in [0.15, 0.2) is 10.6 Å². The summed E-state index contributed by atoms with van der Waals surface area (Å²) in [4.78, 5) is 4.65. The number of hydrogen-bond acceptors (Lipinski definition) is 5. The number of anilines is 1. The Hall–Kier alpha value is -2.48. The minimum Gasteiger partial charge on any atom is -0.384 e. The number of para-hydroxylation sites is 2. The number of β-amino-alcohol motifs (C(OH)–C–C–N with tert-alkyl or cyclic N) is 1. The van der Waals surface area contributed by atoms with Crippen molar-refractivity contribution in [3.05, 3.63) is 71.3 Å². The Bertz CT molecular complexity index is 916. The Labute approximate surface area is 163 Å². The van der Waals surface area contributed by atoms with Crippen molar-refractivity contribution >= 4 is 17.9 Å². The van der Waals surface area contributed by atoms with Crippen molar-refractivity contribution in [3.63, 3.8) is 0 Å². The second kappa shape index (κ2) is 8.04. The third kappa shape index (κ3) is 3.95. The lowest BCUT2D eigenvalue weighted by Gasteiger charge is -2.36. The molecule has 0 aliphatic carbocycles.